The Bertz CT molecular complexity index is 675. The second-order valence-corrected chi connectivity index (χ2v) is 7.01. The van der Waals surface area contributed by atoms with Crippen LogP contribution < -0.4 is 10.0 Å². The molecule has 1 aromatic rings. The Hall–Kier alpha value is -1.30. The van der Waals surface area contributed by atoms with Gasteiger partial charge in [0.05, 0.1) is 0 Å². The van der Waals surface area contributed by atoms with Gasteiger partial charge in [0, 0.05) is 32.7 Å². The van der Waals surface area contributed by atoms with E-state index in [9.17, 15) is 30.4 Å². The molecule has 0 aromatic heterocycles. The number of nitrogens with zero attached hydrogens (tertiary/aromatic N) is 1. The van der Waals surface area contributed by atoms with Crippen molar-refractivity contribution in [2.45, 2.75) is 17.1 Å². The molecule has 0 radical (unpaired) electrons. The number of halogens is 5. The lowest BCUT2D eigenvalue weighted by Crippen LogP contribution is -2.57. The van der Waals surface area contributed by atoms with Crippen LogP contribution in [0.5, 0.6) is 0 Å². The van der Waals surface area contributed by atoms with Gasteiger partial charge in [0.1, 0.15) is 22.6 Å². The van der Waals surface area contributed by atoms with Gasteiger partial charge in [-0.25, -0.2) is 21.9 Å². The van der Waals surface area contributed by atoms with E-state index in [-0.39, 0.29) is 13.1 Å². The lowest BCUT2D eigenvalue weighted by Gasteiger charge is -2.35. The summed E-state index contributed by atoms with van der Waals surface area (Å²) in [5, 5.41) is 2.89. The van der Waals surface area contributed by atoms with E-state index in [0.717, 1.165) is 4.90 Å². The van der Waals surface area contributed by atoms with Gasteiger partial charge >= 0.3 is 6.18 Å². The molecule has 2 N–H and O–H groups in total. The molecular weight excluding hydrogens is 357 g/mol. The Morgan fingerprint density at radius 1 is 1.21 bits per heavy atom. The summed E-state index contributed by atoms with van der Waals surface area (Å²) >= 11 is 0. The van der Waals surface area contributed by atoms with E-state index < -0.39 is 45.3 Å². The molecule has 1 saturated heterocycles. The molecule has 0 amide bonds. The van der Waals surface area contributed by atoms with Gasteiger partial charge in [0.2, 0.25) is 10.0 Å². The molecule has 1 atom stereocenters. The molecule has 136 valence electrons. The number of rotatable bonds is 5. The number of sulfonamides is 1. The number of hydrogen-bond donors (Lipinski definition) is 2. The van der Waals surface area contributed by atoms with Crippen molar-refractivity contribution in [1.82, 2.24) is 14.9 Å². The van der Waals surface area contributed by atoms with E-state index in [1.54, 1.807) is 4.72 Å². The van der Waals surface area contributed by atoms with Crippen molar-refractivity contribution in [2.24, 2.45) is 0 Å². The third-order valence-electron chi connectivity index (χ3n) is 3.62. The highest BCUT2D eigenvalue weighted by Gasteiger charge is 2.44. The number of alkyl halides is 3. The lowest BCUT2D eigenvalue weighted by atomic mass is 10.2. The summed E-state index contributed by atoms with van der Waals surface area (Å²) < 4.78 is 92.0. The quantitative estimate of drug-likeness (QED) is 0.759. The minimum Gasteiger partial charge on any atom is -0.314 e. The fourth-order valence-electron chi connectivity index (χ4n) is 2.40. The smallest absolute Gasteiger partial charge is 0.314 e. The third kappa shape index (κ3) is 4.62. The third-order valence-corrected chi connectivity index (χ3v) is 5.06. The van der Waals surface area contributed by atoms with Crippen LogP contribution in [-0.4, -0.2) is 58.3 Å². The van der Waals surface area contributed by atoms with Gasteiger partial charge in [-0.2, -0.15) is 13.2 Å². The van der Waals surface area contributed by atoms with Crippen LogP contribution in [0.2, 0.25) is 0 Å². The number of piperazine rings is 1. The molecule has 5 nitrogen and oxygen atoms in total. The van der Waals surface area contributed by atoms with E-state index in [1.165, 1.54) is 0 Å². The first-order chi connectivity index (χ1) is 11.1. The van der Waals surface area contributed by atoms with Gasteiger partial charge in [0.25, 0.3) is 0 Å². The maximum Gasteiger partial charge on any atom is 0.405 e. The van der Waals surface area contributed by atoms with Crippen molar-refractivity contribution in [3.63, 3.8) is 0 Å². The molecule has 0 spiro atoms. The summed E-state index contributed by atoms with van der Waals surface area (Å²) in [6, 6.07) is -0.314. The molecule has 2 rings (SSSR count). The van der Waals surface area contributed by atoms with Crippen molar-refractivity contribution >= 4 is 10.0 Å². The van der Waals surface area contributed by atoms with Crippen LogP contribution in [-0.2, 0) is 10.0 Å². The fourth-order valence-corrected chi connectivity index (χ4v) is 3.52. The molecule has 1 aromatic carbocycles. The van der Waals surface area contributed by atoms with E-state index in [0.29, 0.717) is 31.3 Å². The average molecular weight is 373 g/mol. The van der Waals surface area contributed by atoms with Crippen molar-refractivity contribution in [3.8, 4) is 0 Å². The van der Waals surface area contributed by atoms with Crippen LogP contribution in [0.15, 0.2) is 23.1 Å². The van der Waals surface area contributed by atoms with Crippen molar-refractivity contribution in [1.29, 1.82) is 0 Å². The topological polar surface area (TPSA) is 61.4 Å². The molecule has 1 aliphatic heterocycles. The van der Waals surface area contributed by atoms with Crippen molar-refractivity contribution in [3.05, 3.63) is 29.8 Å². The van der Waals surface area contributed by atoms with Crippen LogP contribution in [0, 0.1) is 11.6 Å². The monoisotopic (exact) mass is 373 g/mol. The second-order valence-electron chi connectivity index (χ2n) is 5.27. The van der Waals surface area contributed by atoms with E-state index in [1.807, 2.05) is 0 Å². The fraction of sp³-hybridized carbons (Fsp3) is 0.538. The van der Waals surface area contributed by atoms with E-state index in [2.05, 4.69) is 5.32 Å². The van der Waals surface area contributed by atoms with Gasteiger partial charge in [-0.1, -0.05) is 0 Å². The normalized spacial score (nSPS) is 18.5. The largest absolute Gasteiger partial charge is 0.405 e. The summed E-state index contributed by atoms with van der Waals surface area (Å²) in [6.07, 6.45) is -4.67. The number of nitrogens with one attached hydrogen (secondary N) is 2. The summed E-state index contributed by atoms with van der Waals surface area (Å²) in [7, 11) is -4.61. The van der Waals surface area contributed by atoms with Crippen LogP contribution in [0.3, 0.4) is 0 Å². The molecule has 0 aliphatic carbocycles. The predicted molar refractivity (Wildman–Crippen MR) is 75.8 cm³/mol. The second kappa shape index (κ2) is 7.30. The standard InChI is InChI=1S/C13H16F5N3O2S/c14-9-1-2-10(15)11(7-9)24(22,23)20-8-12(13(16,17)18)21-5-3-19-4-6-21/h1-2,7,12,19-20H,3-6,8H2. The zero-order chi connectivity index (χ0) is 18.0. The van der Waals surface area contributed by atoms with Crippen LogP contribution in [0.4, 0.5) is 22.0 Å². The van der Waals surface area contributed by atoms with Gasteiger partial charge in [0.15, 0.2) is 0 Å². The number of hydrogen-bond acceptors (Lipinski definition) is 4. The van der Waals surface area contributed by atoms with Crippen LogP contribution in [0.25, 0.3) is 0 Å². The summed E-state index contributed by atoms with van der Waals surface area (Å²) in [5.41, 5.74) is 0. The SMILES string of the molecule is O=S(=O)(NCC(N1CCNCC1)C(F)(F)F)c1cc(F)ccc1F. The Labute approximate surface area is 135 Å². The number of benzene rings is 1. The van der Waals surface area contributed by atoms with Crippen LogP contribution in [0.1, 0.15) is 0 Å². The first-order valence-electron chi connectivity index (χ1n) is 7.07. The molecular formula is C13H16F5N3O2S. The Balaban J connectivity index is 2.17. The highest BCUT2D eigenvalue weighted by atomic mass is 32.2. The molecule has 24 heavy (non-hydrogen) atoms. The lowest BCUT2D eigenvalue weighted by molar-refractivity contribution is -0.182. The van der Waals surface area contributed by atoms with Gasteiger partial charge in [-0.15, -0.1) is 0 Å². The molecule has 1 unspecified atom stereocenters. The van der Waals surface area contributed by atoms with Gasteiger partial charge < -0.3 is 5.32 Å². The van der Waals surface area contributed by atoms with E-state index in [4.69, 9.17) is 0 Å². The minimum atomic E-state index is -4.67. The average Bonchev–Trinajstić information content (AvgIpc) is 2.49. The summed E-state index contributed by atoms with van der Waals surface area (Å²) in [4.78, 5) is 0.0738. The highest BCUT2D eigenvalue weighted by Crippen LogP contribution is 2.25. The molecule has 0 saturated carbocycles. The first-order valence-corrected chi connectivity index (χ1v) is 8.56. The van der Waals surface area contributed by atoms with E-state index >= 15 is 0 Å². The zero-order valence-corrected chi connectivity index (χ0v) is 13.2. The molecule has 1 aliphatic rings. The molecule has 0 bridgehead atoms. The van der Waals surface area contributed by atoms with Gasteiger partial charge in [-0.05, 0) is 18.2 Å². The van der Waals surface area contributed by atoms with Crippen molar-refractivity contribution < 1.29 is 30.4 Å². The first kappa shape index (κ1) is 19.0. The zero-order valence-electron chi connectivity index (χ0n) is 12.4. The van der Waals surface area contributed by atoms with Gasteiger partial charge in [-0.3, -0.25) is 4.90 Å². The summed E-state index contributed by atoms with van der Waals surface area (Å²) in [5.74, 6) is -2.25. The highest BCUT2D eigenvalue weighted by molar-refractivity contribution is 7.89. The van der Waals surface area contributed by atoms with Crippen LogP contribution >= 0.6 is 0 Å². The maximum atomic E-state index is 13.6. The molecule has 1 fully saturated rings. The Morgan fingerprint density at radius 3 is 2.42 bits per heavy atom. The summed E-state index contributed by atoms with van der Waals surface area (Å²) in [6.45, 7) is -0.0992. The molecule has 1 heterocycles. The Morgan fingerprint density at radius 2 is 1.83 bits per heavy atom. The minimum absolute atomic E-state index is 0.0975. The Kier molecular flexibility index (Phi) is 5.78. The van der Waals surface area contributed by atoms with Crippen molar-refractivity contribution in [2.75, 3.05) is 32.7 Å². The maximum absolute atomic E-state index is 13.6. The molecule has 11 heteroatoms. The predicted octanol–water partition coefficient (Wildman–Crippen LogP) is 1.08.